The molecule has 4 nitrogen and oxygen atoms in total. The van der Waals surface area contributed by atoms with Gasteiger partial charge in [0.1, 0.15) is 11.4 Å². The number of ether oxygens (including phenoxy) is 1. The van der Waals surface area contributed by atoms with Crippen LogP contribution in [-0.4, -0.2) is 24.2 Å². The number of carbonyl (C=O) groups excluding carboxylic acids is 1. The predicted octanol–water partition coefficient (Wildman–Crippen LogP) is 2.80. The number of amides is 1. The topological polar surface area (TPSA) is 58.6 Å². The third-order valence-electron chi connectivity index (χ3n) is 2.96. The van der Waals surface area contributed by atoms with Crippen LogP contribution >= 0.6 is 22.9 Å². The van der Waals surface area contributed by atoms with Crippen LogP contribution in [0.15, 0.2) is 41.1 Å². The quantitative estimate of drug-likeness (QED) is 0.858. The average Bonchev–Trinajstić information content (AvgIpc) is 3.00. The van der Waals surface area contributed by atoms with Gasteiger partial charge in [0.05, 0.1) is 6.54 Å². The molecule has 2 N–H and O–H groups in total. The summed E-state index contributed by atoms with van der Waals surface area (Å²) >= 11 is 7.26. The molecule has 1 aromatic carbocycles. The van der Waals surface area contributed by atoms with Crippen molar-refractivity contribution in [2.24, 2.45) is 0 Å². The number of benzene rings is 1. The van der Waals surface area contributed by atoms with Gasteiger partial charge < -0.3 is 15.2 Å². The third-order valence-corrected chi connectivity index (χ3v) is 3.89. The largest absolute Gasteiger partial charge is 0.484 e. The number of halogens is 1. The van der Waals surface area contributed by atoms with Crippen molar-refractivity contribution in [3.8, 4) is 5.75 Å². The molecule has 0 bridgehead atoms. The first-order valence-corrected chi connectivity index (χ1v) is 7.69. The van der Waals surface area contributed by atoms with Crippen LogP contribution in [0, 0.1) is 0 Å². The van der Waals surface area contributed by atoms with Crippen LogP contribution in [0.25, 0.3) is 0 Å². The van der Waals surface area contributed by atoms with Gasteiger partial charge in [-0.15, -0.1) is 0 Å². The van der Waals surface area contributed by atoms with E-state index in [2.05, 4.69) is 5.32 Å². The lowest BCUT2D eigenvalue weighted by molar-refractivity contribution is -0.124. The van der Waals surface area contributed by atoms with E-state index in [-0.39, 0.29) is 19.1 Å². The zero-order chi connectivity index (χ0) is 15.3. The molecule has 1 amide bonds. The second kappa shape index (κ2) is 6.93. The first kappa shape index (κ1) is 15.8. The minimum Gasteiger partial charge on any atom is -0.484 e. The standard InChI is InChI=1S/C15H16ClNO3S/c1-15(19,11-6-7-21-9-11)10-17-14(18)8-20-13-4-2-12(16)3-5-13/h2-7,9,19H,8,10H2,1H3,(H,17,18). The number of hydrogen-bond acceptors (Lipinski definition) is 4. The first-order valence-electron chi connectivity index (χ1n) is 6.37. The summed E-state index contributed by atoms with van der Waals surface area (Å²) in [5.74, 6) is 0.277. The highest BCUT2D eigenvalue weighted by molar-refractivity contribution is 7.08. The normalized spacial score (nSPS) is 13.5. The van der Waals surface area contributed by atoms with Gasteiger partial charge in [-0.05, 0) is 53.6 Å². The van der Waals surface area contributed by atoms with E-state index in [0.29, 0.717) is 10.8 Å². The van der Waals surface area contributed by atoms with Crippen LogP contribution in [0.3, 0.4) is 0 Å². The van der Waals surface area contributed by atoms with Gasteiger partial charge >= 0.3 is 0 Å². The number of carbonyl (C=O) groups is 1. The van der Waals surface area contributed by atoms with E-state index in [4.69, 9.17) is 16.3 Å². The number of hydrogen-bond donors (Lipinski definition) is 2. The Labute approximate surface area is 132 Å². The fraction of sp³-hybridized carbons (Fsp3) is 0.267. The van der Waals surface area contributed by atoms with E-state index in [0.717, 1.165) is 5.56 Å². The van der Waals surface area contributed by atoms with E-state index < -0.39 is 5.60 Å². The molecule has 6 heteroatoms. The van der Waals surface area contributed by atoms with Gasteiger partial charge in [0, 0.05) is 5.02 Å². The smallest absolute Gasteiger partial charge is 0.258 e. The lowest BCUT2D eigenvalue weighted by atomic mass is 9.99. The molecular weight excluding hydrogens is 310 g/mol. The highest BCUT2D eigenvalue weighted by atomic mass is 35.5. The molecule has 0 aliphatic carbocycles. The molecule has 1 atom stereocenters. The van der Waals surface area contributed by atoms with E-state index in [1.54, 1.807) is 31.2 Å². The fourth-order valence-electron chi connectivity index (χ4n) is 1.67. The van der Waals surface area contributed by atoms with Crippen molar-refractivity contribution in [2.45, 2.75) is 12.5 Å². The second-order valence-corrected chi connectivity index (χ2v) is 6.02. The maximum Gasteiger partial charge on any atom is 0.258 e. The molecule has 0 spiro atoms. The molecule has 1 heterocycles. The lowest BCUT2D eigenvalue weighted by Gasteiger charge is -2.22. The molecular formula is C15H16ClNO3S. The van der Waals surface area contributed by atoms with Crippen molar-refractivity contribution in [2.75, 3.05) is 13.2 Å². The Kier molecular flexibility index (Phi) is 5.22. The minimum atomic E-state index is -1.09. The van der Waals surface area contributed by atoms with Gasteiger partial charge in [-0.25, -0.2) is 0 Å². The summed E-state index contributed by atoms with van der Waals surface area (Å²) in [4.78, 5) is 11.7. The zero-order valence-electron chi connectivity index (χ0n) is 11.5. The van der Waals surface area contributed by atoms with E-state index in [1.165, 1.54) is 11.3 Å². The minimum absolute atomic E-state index is 0.110. The summed E-state index contributed by atoms with van der Waals surface area (Å²) in [6.45, 7) is 1.68. The number of aliphatic hydroxyl groups is 1. The predicted molar refractivity (Wildman–Crippen MR) is 83.8 cm³/mol. The maximum absolute atomic E-state index is 11.7. The summed E-state index contributed by atoms with van der Waals surface area (Å²) in [5, 5.41) is 17.3. The van der Waals surface area contributed by atoms with Gasteiger partial charge in [0.2, 0.25) is 0 Å². The van der Waals surface area contributed by atoms with Crippen LogP contribution in [0.1, 0.15) is 12.5 Å². The van der Waals surface area contributed by atoms with Crippen molar-refractivity contribution in [1.82, 2.24) is 5.32 Å². The molecule has 21 heavy (non-hydrogen) atoms. The van der Waals surface area contributed by atoms with Crippen molar-refractivity contribution >= 4 is 28.8 Å². The molecule has 0 radical (unpaired) electrons. The van der Waals surface area contributed by atoms with E-state index in [1.807, 2.05) is 16.8 Å². The summed E-state index contributed by atoms with van der Waals surface area (Å²) in [7, 11) is 0. The van der Waals surface area contributed by atoms with Gasteiger partial charge in [0.25, 0.3) is 5.91 Å². The van der Waals surface area contributed by atoms with Crippen LogP contribution in [0.2, 0.25) is 5.02 Å². The SMILES string of the molecule is CC(O)(CNC(=O)COc1ccc(Cl)cc1)c1ccsc1. The van der Waals surface area contributed by atoms with E-state index >= 15 is 0 Å². The van der Waals surface area contributed by atoms with Crippen molar-refractivity contribution in [3.63, 3.8) is 0 Å². The highest BCUT2D eigenvalue weighted by Gasteiger charge is 2.24. The molecule has 0 saturated heterocycles. The van der Waals surface area contributed by atoms with Crippen LogP contribution in [-0.2, 0) is 10.4 Å². The summed E-state index contributed by atoms with van der Waals surface area (Å²) in [6.07, 6.45) is 0. The Hall–Kier alpha value is -1.56. The summed E-state index contributed by atoms with van der Waals surface area (Å²) in [5.41, 5.74) is -0.304. The number of nitrogens with one attached hydrogen (secondary N) is 1. The molecule has 0 fully saturated rings. The monoisotopic (exact) mass is 325 g/mol. The Morgan fingerprint density at radius 2 is 2.10 bits per heavy atom. The fourth-order valence-corrected chi connectivity index (χ4v) is 2.58. The third kappa shape index (κ3) is 4.74. The lowest BCUT2D eigenvalue weighted by Crippen LogP contribution is -2.40. The Bertz CT molecular complexity index is 581. The van der Waals surface area contributed by atoms with Gasteiger partial charge in [-0.3, -0.25) is 4.79 Å². The van der Waals surface area contributed by atoms with Crippen LogP contribution in [0.4, 0.5) is 0 Å². The van der Waals surface area contributed by atoms with E-state index in [9.17, 15) is 9.90 Å². The maximum atomic E-state index is 11.7. The first-order chi connectivity index (χ1) is 9.97. The molecule has 0 aliphatic heterocycles. The molecule has 0 aliphatic rings. The molecule has 2 aromatic rings. The van der Waals surface area contributed by atoms with Gasteiger partial charge in [-0.2, -0.15) is 11.3 Å². The average molecular weight is 326 g/mol. The summed E-state index contributed by atoms with van der Waals surface area (Å²) < 4.78 is 5.33. The van der Waals surface area contributed by atoms with Gasteiger partial charge in [0.15, 0.2) is 6.61 Å². The van der Waals surface area contributed by atoms with Crippen LogP contribution in [0.5, 0.6) is 5.75 Å². The second-order valence-electron chi connectivity index (χ2n) is 4.81. The van der Waals surface area contributed by atoms with Crippen molar-refractivity contribution < 1.29 is 14.6 Å². The van der Waals surface area contributed by atoms with Gasteiger partial charge in [-0.1, -0.05) is 11.6 Å². The molecule has 1 aromatic heterocycles. The molecule has 1 unspecified atom stereocenters. The number of rotatable bonds is 6. The zero-order valence-corrected chi connectivity index (χ0v) is 13.1. The molecule has 112 valence electrons. The number of thiophene rings is 1. The van der Waals surface area contributed by atoms with Crippen molar-refractivity contribution in [3.05, 3.63) is 51.7 Å². The van der Waals surface area contributed by atoms with Crippen LogP contribution < -0.4 is 10.1 Å². The Morgan fingerprint density at radius 1 is 1.38 bits per heavy atom. The molecule has 2 rings (SSSR count). The molecule has 0 saturated carbocycles. The Morgan fingerprint density at radius 3 is 2.71 bits per heavy atom. The highest BCUT2D eigenvalue weighted by Crippen LogP contribution is 2.22. The van der Waals surface area contributed by atoms with Crippen molar-refractivity contribution in [1.29, 1.82) is 0 Å². The summed E-state index contributed by atoms with van der Waals surface area (Å²) in [6, 6.07) is 8.60. The Balaban J connectivity index is 1.78.